The summed E-state index contributed by atoms with van der Waals surface area (Å²) < 4.78 is 0. The highest BCUT2D eigenvalue weighted by atomic mass is 15.2. The van der Waals surface area contributed by atoms with Crippen LogP contribution in [0, 0.1) is 0 Å². The van der Waals surface area contributed by atoms with Gasteiger partial charge in [0, 0.05) is 30.2 Å². The summed E-state index contributed by atoms with van der Waals surface area (Å²) in [5, 5.41) is 1.22. The molecule has 0 unspecified atom stereocenters. The third-order valence-electron chi connectivity index (χ3n) is 4.06. The molecule has 2 radical (unpaired) electrons. The highest BCUT2D eigenvalue weighted by molar-refractivity contribution is 6.33. The zero-order valence-electron chi connectivity index (χ0n) is 10.9. The van der Waals surface area contributed by atoms with E-state index in [2.05, 4.69) is 28.9 Å². The van der Waals surface area contributed by atoms with Crippen molar-refractivity contribution in [2.75, 3.05) is 13.1 Å². The molecule has 1 atom stereocenters. The predicted octanol–water partition coefficient (Wildman–Crippen LogP) is 1.99. The van der Waals surface area contributed by atoms with E-state index in [0.29, 0.717) is 0 Å². The molecule has 1 N–H and O–H groups in total. The fourth-order valence-electron chi connectivity index (χ4n) is 2.93. The molecule has 1 aliphatic heterocycles. The fourth-order valence-corrected chi connectivity index (χ4v) is 2.93. The Labute approximate surface area is 110 Å². The lowest BCUT2D eigenvalue weighted by Crippen LogP contribution is -2.29. The number of hydrogen-bond donors (Lipinski definition) is 1. The van der Waals surface area contributed by atoms with E-state index in [-0.39, 0.29) is 0 Å². The van der Waals surface area contributed by atoms with Gasteiger partial charge >= 0.3 is 0 Å². The van der Waals surface area contributed by atoms with Crippen LogP contribution >= 0.6 is 0 Å². The first-order valence-corrected chi connectivity index (χ1v) is 6.83. The molecule has 0 bridgehead atoms. The summed E-state index contributed by atoms with van der Waals surface area (Å²) >= 11 is 0. The Morgan fingerprint density at radius 3 is 3.06 bits per heavy atom. The van der Waals surface area contributed by atoms with Gasteiger partial charge in [-0.15, -0.1) is 0 Å². The van der Waals surface area contributed by atoms with Gasteiger partial charge in [-0.25, -0.2) is 0 Å². The zero-order chi connectivity index (χ0) is 12.5. The SMILES string of the molecule is [B]c1ccc2[nH]c(CCN3CCC[C@H]3C)cc2c1. The second kappa shape index (κ2) is 4.81. The summed E-state index contributed by atoms with van der Waals surface area (Å²) in [5.74, 6) is 0. The minimum absolute atomic E-state index is 0.755. The summed E-state index contributed by atoms with van der Waals surface area (Å²) in [6, 6.07) is 9.03. The molecule has 1 fully saturated rings. The van der Waals surface area contributed by atoms with E-state index in [4.69, 9.17) is 7.85 Å². The van der Waals surface area contributed by atoms with Gasteiger partial charge in [0.05, 0.1) is 0 Å². The minimum atomic E-state index is 0.755. The average Bonchev–Trinajstić information content (AvgIpc) is 2.92. The van der Waals surface area contributed by atoms with E-state index >= 15 is 0 Å². The normalized spacial score (nSPS) is 20.8. The van der Waals surface area contributed by atoms with Crippen molar-refractivity contribution in [2.45, 2.75) is 32.2 Å². The van der Waals surface area contributed by atoms with Gasteiger partial charge in [0.15, 0.2) is 0 Å². The summed E-state index contributed by atoms with van der Waals surface area (Å²) in [6.45, 7) is 4.75. The number of aromatic nitrogens is 1. The molecule has 2 aromatic rings. The van der Waals surface area contributed by atoms with Crippen LogP contribution in [0.25, 0.3) is 10.9 Å². The van der Waals surface area contributed by atoms with Crippen LogP contribution in [0.3, 0.4) is 0 Å². The maximum absolute atomic E-state index is 5.80. The fraction of sp³-hybridized carbons (Fsp3) is 0.467. The maximum atomic E-state index is 5.80. The van der Waals surface area contributed by atoms with Crippen LogP contribution in [0.1, 0.15) is 25.5 Å². The molecular weight excluding hydrogens is 219 g/mol. The molecule has 1 saturated heterocycles. The van der Waals surface area contributed by atoms with Crippen molar-refractivity contribution in [3.8, 4) is 0 Å². The van der Waals surface area contributed by atoms with Crippen molar-refractivity contribution in [1.82, 2.24) is 9.88 Å². The van der Waals surface area contributed by atoms with Crippen LogP contribution in [0.5, 0.6) is 0 Å². The molecular formula is C15H19BN2. The summed E-state index contributed by atoms with van der Waals surface area (Å²) in [6.07, 6.45) is 3.80. The molecule has 92 valence electrons. The van der Waals surface area contributed by atoms with Crippen molar-refractivity contribution in [1.29, 1.82) is 0 Å². The second-order valence-electron chi connectivity index (χ2n) is 5.42. The van der Waals surface area contributed by atoms with Crippen molar-refractivity contribution in [3.05, 3.63) is 30.0 Å². The number of nitrogens with one attached hydrogen (secondary N) is 1. The Kier molecular flexibility index (Phi) is 3.17. The Morgan fingerprint density at radius 1 is 1.39 bits per heavy atom. The number of rotatable bonds is 3. The van der Waals surface area contributed by atoms with Gasteiger partial charge in [-0.05, 0) is 43.8 Å². The number of nitrogens with zero attached hydrogens (tertiary/aromatic N) is 1. The van der Waals surface area contributed by atoms with Gasteiger partial charge in [-0.1, -0.05) is 17.6 Å². The lowest BCUT2D eigenvalue weighted by atomic mass is 9.95. The van der Waals surface area contributed by atoms with Gasteiger partial charge in [0.25, 0.3) is 0 Å². The Morgan fingerprint density at radius 2 is 2.28 bits per heavy atom. The van der Waals surface area contributed by atoms with Crippen LogP contribution in [-0.2, 0) is 6.42 Å². The number of benzene rings is 1. The Bertz CT molecular complexity index is 546. The molecule has 0 amide bonds. The number of aromatic amines is 1. The first kappa shape index (κ1) is 11.9. The first-order valence-electron chi connectivity index (χ1n) is 6.83. The molecule has 0 saturated carbocycles. The van der Waals surface area contributed by atoms with E-state index in [1.165, 1.54) is 36.0 Å². The molecule has 1 aliphatic rings. The van der Waals surface area contributed by atoms with E-state index < -0.39 is 0 Å². The van der Waals surface area contributed by atoms with Crippen LogP contribution in [-0.4, -0.2) is 36.9 Å². The third-order valence-corrected chi connectivity index (χ3v) is 4.06. The molecule has 2 heterocycles. The quantitative estimate of drug-likeness (QED) is 0.810. The second-order valence-corrected chi connectivity index (χ2v) is 5.42. The molecule has 3 rings (SSSR count). The number of H-pyrrole nitrogens is 1. The van der Waals surface area contributed by atoms with Gasteiger partial charge in [0.2, 0.25) is 0 Å². The smallest absolute Gasteiger partial charge is 0.113 e. The first-order chi connectivity index (χ1) is 8.72. The minimum Gasteiger partial charge on any atom is -0.358 e. The largest absolute Gasteiger partial charge is 0.358 e. The lowest BCUT2D eigenvalue weighted by molar-refractivity contribution is 0.271. The third kappa shape index (κ3) is 2.32. The van der Waals surface area contributed by atoms with E-state index in [9.17, 15) is 0 Å². The Balaban J connectivity index is 1.71. The predicted molar refractivity (Wildman–Crippen MR) is 77.7 cm³/mol. The lowest BCUT2D eigenvalue weighted by Gasteiger charge is -2.20. The molecule has 1 aromatic carbocycles. The van der Waals surface area contributed by atoms with Crippen LogP contribution < -0.4 is 5.46 Å². The number of fused-ring (bicyclic) bond motifs is 1. The van der Waals surface area contributed by atoms with Crippen molar-refractivity contribution >= 4 is 24.2 Å². The highest BCUT2D eigenvalue weighted by Gasteiger charge is 2.19. The van der Waals surface area contributed by atoms with Crippen LogP contribution in [0.4, 0.5) is 0 Å². The number of likely N-dealkylation sites (tertiary alicyclic amines) is 1. The average molecular weight is 238 g/mol. The van der Waals surface area contributed by atoms with E-state index in [1.807, 2.05) is 12.1 Å². The molecule has 18 heavy (non-hydrogen) atoms. The number of hydrogen-bond acceptors (Lipinski definition) is 1. The van der Waals surface area contributed by atoms with E-state index in [1.54, 1.807) is 0 Å². The van der Waals surface area contributed by atoms with Gasteiger partial charge in [-0.2, -0.15) is 0 Å². The zero-order valence-corrected chi connectivity index (χ0v) is 10.9. The monoisotopic (exact) mass is 238 g/mol. The highest BCUT2D eigenvalue weighted by Crippen LogP contribution is 2.18. The van der Waals surface area contributed by atoms with Crippen molar-refractivity contribution in [2.24, 2.45) is 0 Å². The molecule has 1 aromatic heterocycles. The van der Waals surface area contributed by atoms with Gasteiger partial charge in [0.1, 0.15) is 7.85 Å². The van der Waals surface area contributed by atoms with Crippen molar-refractivity contribution in [3.63, 3.8) is 0 Å². The van der Waals surface area contributed by atoms with Crippen LogP contribution in [0.2, 0.25) is 0 Å². The van der Waals surface area contributed by atoms with Crippen molar-refractivity contribution < 1.29 is 0 Å². The van der Waals surface area contributed by atoms with Gasteiger partial charge in [-0.3, -0.25) is 0 Å². The standard InChI is InChI=1S/C15H19BN2/c1-11-3-2-7-18(11)8-6-14-10-12-9-13(16)4-5-15(12)17-14/h4-5,9-11,17H,2-3,6-8H2,1H3/t11-/m1/s1. The molecule has 0 spiro atoms. The topological polar surface area (TPSA) is 19.0 Å². The summed E-state index contributed by atoms with van der Waals surface area (Å²) in [4.78, 5) is 6.06. The van der Waals surface area contributed by atoms with E-state index in [0.717, 1.165) is 24.5 Å². The maximum Gasteiger partial charge on any atom is 0.113 e. The molecule has 3 heteroatoms. The summed E-state index contributed by atoms with van der Waals surface area (Å²) in [7, 11) is 5.80. The summed E-state index contributed by atoms with van der Waals surface area (Å²) in [5.41, 5.74) is 3.34. The van der Waals surface area contributed by atoms with Crippen LogP contribution in [0.15, 0.2) is 24.3 Å². The molecule has 2 nitrogen and oxygen atoms in total. The Hall–Kier alpha value is -1.22. The molecule has 0 aliphatic carbocycles. The van der Waals surface area contributed by atoms with Gasteiger partial charge < -0.3 is 9.88 Å².